The van der Waals surface area contributed by atoms with E-state index in [1.165, 1.54) is 10.6 Å². The molecule has 1 unspecified atom stereocenters. The SMILES string of the molecule is CS(=O)(=O)N1CCC(C2(O)c3ncc(Br)cc3CCc3cc(Cl)cc(Br)c32)CC1. The molecule has 1 fully saturated rings. The molecule has 9 heteroatoms. The van der Waals surface area contributed by atoms with Crippen LogP contribution in [0.5, 0.6) is 0 Å². The summed E-state index contributed by atoms with van der Waals surface area (Å²) in [5, 5.41) is 12.9. The number of hydrogen-bond donors (Lipinski definition) is 1. The maximum atomic E-state index is 12.3. The first-order chi connectivity index (χ1) is 13.6. The molecule has 1 saturated heterocycles. The van der Waals surface area contributed by atoms with E-state index in [4.69, 9.17) is 11.6 Å². The van der Waals surface area contributed by atoms with Gasteiger partial charge in [0.15, 0.2) is 0 Å². The molecule has 1 aliphatic heterocycles. The van der Waals surface area contributed by atoms with Gasteiger partial charge in [-0.15, -0.1) is 0 Å². The Morgan fingerprint density at radius 1 is 1.17 bits per heavy atom. The summed E-state index contributed by atoms with van der Waals surface area (Å²) in [5.74, 6) is -0.165. The van der Waals surface area contributed by atoms with Gasteiger partial charge in [0.05, 0.1) is 11.9 Å². The lowest BCUT2D eigenvalue weighted by molar-refractivity contribution is -0.00993. The van der Waals surface area contributed by atoms with E-state index in [1.807, 2.05) is 12.1 Å². The molecule has 1 aromatic heterocycles. The van der Waals surface area contributed by atoms with Crippen LogP contribution < -0.4 is 0 Å². The summed E-state index contributed by atoms with van der Waals surface area (Å²) in [6.45, 7) is 0.774. The number of sulfonamides is 1. The number of fused-ring (bicyclic) bond motifs is 2. The molecule has 1 N–H and O–H groups in total. The monoisotopic (exact) mass is 562 g/mol. The molecule has 29 heavy (non-hydrogen) atoms. The number of aromatic nitrogens is 1. The first kappa shape index (κ1) is 21.7. The molecule has 2 aromatic rings. The van der Waals surface area contributed by atoms with Crippen molar-refractivity contribution in [3.05, 3.63) is 60.7 Å². The lowest BCUT2D eigenvalue weighted by atomic mass is 9.72. The Hall–Kier alpha value is -0.510. The fourth-order valence-corrected chi connectivity index (χ4v) is 7.09. The summed E-state index contributed by atoms with van der Waals surface area (Å²) in [7, 11) is -3.24. The summed E-state index contributed by atoms with van der Waals surface area (Å²) < 4.78 is 27.0. The van der Waals surface area contributed by atoms with Gasteiger partial charge in [-0.1, -0.05) is 27.5 Å². The molecule has 0 radical (unpaired) electrons. The summed E-state index contributed by atoms with van der Waals surface area (Å²) >= 11 is 13.4. The van der Waals surface area contributed by atoms with Crippen molar-refractivity contribution in [1.29, 1.82) is 0 Å². The summed E-state index contributed by atoms with van der Waals surface area (Å²) in [6.07, 6.45) is 5.53. The molecule has 4 rings (SSSR count). The van der Waals surface area contributed by atoms with Crippen molar-refractivity contribution in [1.82, 2.24) is 9.29 Å². The highest BCUT2D eigenvalue weighted by Gasteiger charge is 2.48. The molecule has 0 bridgehead atoms. The first-order valence-corrected chi connectivity index (χ1v) is 13.2. The normalized spacial score (nSPS) is 23.3. The number of aliphatic hydroxyl groups is 1. The van der Waals surface area contributed by atoms with Gasteiger partial charge in [0, 0.05) is 44.7 Å². The average Bonchev–Trinajstić information content (AvgIpc) is 2.76. The third-order valence-corrected chi connectivity index (χ3v) is 8.57. The van der Waals surface area contributed by atoms with Crippen LogP contribution in [0.2, 0.25) is 5.02 Å². The number of aryl methyl sites for hydroxylation is 2. The highest BCUT2D eigenvalue weighted by Crippen LogP contribution is 2.49. The van der Waals surface area contributed by atoms with Gasteiger partial charge in [-0.2, -0.15) is 0 Å². The Bertz CT molecular complexity index is 1070. The van der Waals surface area contributed by atoms with E-state index in [0.29, 0.717) is 36.6 Å². The Morgan fingerprint density at radius 2 is 1.83 bits per heavy atom. The number of rotatable bonds is 2. The van der Waals surface area contributed by atoms with E-state index in [9.17, 15) is 13.5 Å². The molecule has 1 aliphatic carbocycles. The topological polar surface area (TPSA) is 70.5 Å². The Labute approximate surface area is 192 Å². The zero-order valence-electron chi connectivity index (χ0n) is 15.8. The zero-order valence-corrected chi connectivity index (χ0v) is 20.6. The van der Waals surface area contributed by atoms with Gasteiger partial charge in [0.25, 0.3) is 0 Å². The van der Waals surface area contributed by atoms with Crippen LogP contribution in [0, 0.1) is 5.92 Å². The molecule has 1 atom stereocenters. The molecule has 0 saturated carbocycles. The maximum Gasteiger partial charge on any atom is 0.211 e. The van der Waals surface area contributed by atoms with Gasteiger partial charge in [-0.3, -0.25) is 4.98 Å². The fourth-order valence-electron chi connectivity index (χ4n) is 4.66. The number of hydrogen-bond acceptors (Lipinski definition) is 4. The quantitative estimate of drug-likeness (QED) is 0.592. The summed E-state index contributed by atoms with van der Waals surface area (Å²) in [4.78, 5) is 4.65. The smallest absolute Gasteiger partial charge is 0.211 e. The lowest BCUT2D eigenvalue weighted by Gasteiger charge is -2.42. The Kier molecular flexibility index (Phi) is 5.90. The first-order valence-electron chi connectivity index (χ1n) is 9.41. The van der Waals surface area contributed by atoms with E-state index in [2.05, 4.69) is 36.8 Å². The lowest BCUT2D eigenvalue weighted by Crippen LogP contribution is -2.46. The standard InChI is InChI=1S/C20H21Br2ClN2O3S/c1-29(27,28)25-6-4-14(5-7-25)20(26)18-12(9-16(23)10-17(18)22)2-3-13-8-15(21)11-24-19(13)20/h8-11,14,26H,2-7H2,1H3. The highest BCUT2D eigenvalue weighted by atomic mass is 79.9. The minimum Gasteiger partial charge on any atom is -0.378 e. The Balaban J connectivity index is 1.87. The molecule has 2 aliphatic rings. The molecule has 5 nitrogen and oxygen atoms in total. The summed E-state index contributed by atoms with van der Waals surface area (Å²) in [5.41, 5.74) is 2.11. The van der Waals surface area contributed by atoms with E-state index >= 15 is 0 Å². The molecule has 0 spiro atoms. The third kappa shape index (κ3) is 3.92. The van der Waals surface area contributed by atoms with Crippen molar-refractivity contribution in [2.45, 2.75) is 31.3 Å². The molecule has 1 aromatic carbocycles. The van der Waals surface area contributed by atoms with Crippen LogP contribution in [-0.2, 0) is 28.5 Å². The zero-order chi connectivity index (χ0) is 21.0. The van der Waals surface area contributed by atoms with Crippen LogP contribution in [0.1, 0.15) is 35.2 Å². The fraction of sp³-hybridized carbons (Fsp3) is 0.450. The minimum atomic E-state index is -3.24. The van der Waals surface area contributed by atoms with Crippen LogP contribution in [0.3, 0.4) is 0 Å². The highest BCUT2D eigenvalue weighted by molar-refractivity contribution is 9.10. The number of nitrogens with zero attached hydrogens (tertiary/aromatic N) is 2. The van der Waals surface area contributed by atoms with Crippen LogP contribution in [0.4, 0.5) is 0 Å². The number of pyridine rings is 1. The molecule has 2 heterocycles. The Morgan fingerprint density at radius 3 is 2.48 bits per heavy atom. The molecule has 0 amide bonds. The third-order valence-electron chi connectivity index (χ3n) is 5.99. The van der Waals surface area contributed by atoms with Crippen molar-refractivity contribution < 1.29 is 13.5 Å². The predicted molar refractivity (Wildman–Crippen MR) is 121 cm³/mol. The van der Waals surface area contributed by atoms with Crippen LogP contribution >= 0.6 is 43.5 Å². The molecular formula is C20H21Br2ClN2O3S. The van der Waals surface area contributed by atoms with Crippen molar-refractivity contribution in [2.24, 2.45) is 5.92 Å². The van der Waals surface area contributed by atoms with E-state index in [1.54, 1.807) is 12.3 Å². The van der Waals surface area contributed by atoms with Crippen LogP contribution in [0.25, 0.3) is 0 Å². The van der Waals surface area contributed by atoms with E-state index < -0.39 is 15.6 Å². The second-order valence-electron chi connectivity index (χ2n) is 7.79. The second kappa shape index (κ2) is 7.88. The maximum absolute atomic E-state index is 12.3. The second-order valence-corrected chi connectivity index (χ2v) is 12.0. The average molecular weight is 565 g/mol. The van der Waals surface area contributed by atoms with Crippen molar-refractivity contribution in [2.75, 3.05) is 19.3 Å². The number of piperidine rings is 1. The number of benzene rings is 1. The van der Waals surface area contributed by atoms with Crippen molar-refractivity contribution in [3.8, 4) is 0 Å². The van der Waals surface area contributed by atoms with Crippen molar-refractivity contribution in [3.63, 3.8) is 0 Å². The summed E-state index contributed by atoms with van der Waals surface area (Å²) in [6, 6.07) is 5.74. The predicted octanol–water partition coefficient (Wildman–Crippen LogP) is 4.27. The van der Waals surface area contributed by atoms with E-state index in [0.717, 1.165) is 38.5 Å². The molecule has 156 valence electrons. The minimum absolute atomic E-state index is 0.165. The largest absolute Gasteiger partial charge is 0.378 e. The van der Waals surface area contributed by atoms with Gasteiger partial charge < -0.3 is 5.11 Å². The van der Waals surface area contributed by atoms with Gasteiger partial charge in [0.2, 0.25) is 10.0 Å². The van der Waals surface area contributed by atoms with Gasteiger partial charge >= 0.3 is 0 Å². The van der Waals surface area contributed by atoms with E-state index in [-0.39, 0.29) is 5.92 Å². The van der Waals surface area contributed by atoms with Gasteiger partial charge in [-0.05, 0) is 70.9 Å². The van der Waals surface area contributed by atoms with Crippen LogP contribution in [-0.4, -0.2) is 42.2 Å². The number of halogens is 3. The van der Waals surface area contributed by atoms with Crippen molar-refractivity contribution >= 4 is 53.5 Å². The molecular weight excluding hydrogens is 544 g/mol. The van der Waals surface area contributed by atoms with Crippen LogP contribution in [0.15, 0.2) is 33.3 Å². The van der Waals surface area contributed by atoms with Gasteiger partial charge in [-0.25, -0.2) is 12.7 Å². The van der Waals surface area contributed by atoms with Gasteiger partial charge in [0.1, 0.15) is 5.60 Å².